The summed E-state index contributed by atoms with van der Waals surface area (Å²) in [6.45, 7) is 4.11. The molecule has 0 aliphatic rings. The van der Waals surface area contributed by atoms with Crippen LogP contribution in [0.25, 0.3) is 11.1 Å². The second-order valence-corrected chi connectivity index (χ2v) is 3.98. The Bertz CT molecular complexity index is 544. The average Bonchev–Trinajstić information content (AvgIpc) is 2.59. The lowest BCUT2D eigenvalue weighted by Gasteiger charge is -2.05. The van der Waals surface area contributed by atoms with Gasteiger partial charge in [-0.15, -0.1) is 0 Å². The quantitative estimate of drug-likeness (QED) is 0.811. The largest absolute Gasteiger partial charge is 0.362 e. The van der Waals surface area contributed by atoms with Crippen molar-refractivity contribution < 1.29 is 0 Å². The molecular weight excluding hydrogens is 196 g/mol. The van der Waals surface area contributed by atoms with Crippen LogP contribution in [0.2, 0.25) is 0 Å². The van der Waals surface area contributed by atoms with Crippen molar-refractivity contribution in [3.05, 3.63) is 47.3 Å². The molecule has 0 amide bonds. The van der Waals surface area contributed by atoms with E-state index in [-0.39, 0.29) is 0 Å². The first-order valence-electron chi connectivity index (χ1n) is 5.34. The first-order chi connectivity index (χ1) is 7.72. The maximum Gasteiger partial charge on any atom is 0.0669 e. The zero-order valence-corrected chi connectivity index (χ0v) is 9.54. The van der Waals surface area contributed by atoms with Crippen molar-refractivity contribution >= 4 is 0 Å². The summed E-state index contributed by atoms with van der Waals surface area (Å²) >= 11 is 0. The van der Waals surface area contributed by atoms with Gasteiger partial charge in [-0.2, -0.15) is 5.26 Å². The zero-order chi connectivity index (χ0) is 11.5. The molecule has 0 atom stereocenters. The first-order valence-corrected chi connectivity index (χ1v) is 5.34. The van der Waals surface area contributed by atoms with Crippen LogP contribution in [0.15, 0.2) is 30.3 Å². The van der Waals surface area contributed by atoms with Gasteiger partial charge >= 0.3 is 0 Å². The molecule has 0 fully saturated rings. The highest BCUT2D eigenvalue weighted by atomic mass is 14.7. The molecule has 0 bridgehead atoms. The molecule has 1 aromatic heterocycles. The fourth-order valence-corrected chi connectivity index (χ4v) is 2.03. The van der Waals surface area contributed by atoms with E-state index in [0.717, 1.165) is 22.5 Å². The van der Waals surface area contributed by atoms with E-state index in [1.165, 1.54) is 5.56 Å². The predicted octanol–water partition coefficient (Wildman–Crippen LogP) is 3.36. The Hall–Kier alpha value is -2.01. The Morgan fingerprint density at radius 2 is 1.94 bits per heavy atom. The number of H-pyrrole nitrogens is 1. The molecule has 16 heavy (non-hydrogen) atoms. The molecule has 0 aliphatic carbocycles. The van der Waals surface area contributed by atoms with Crippen molar-refractivity contribution in [3.63, 3.8) is 0 Å². The van der Waals surface area contributed by atoms with E-state index in [2.05, 4.69) is 30.1 Å². The fourth-order valence-electron chi connectivity index (χ4n) is 2.03. The minimum absolute atomic E-state index is 0.458. The molecular formula is C14H14N2. The van der Waals surface area contributed by atoms with Crippen LogP contribution in [-0.4, -0.2) is 4.98 Å². The van der Waals surface area contributed by atoms with Crippen molar-refractivity contribution in [2.75, 3.05) is 0 Å². The molecule has 0 saturated heterocycles. The molecule has 2 rings (SSSR count). The van der Waals surface area contributed by atoms with Crippen molar-refractivity contribution in [1.29, 1.82) is 5.26 Å². The SMILES string of the molecule is Cc1cc(-c2ccccc2CC#N)c(C)[nH]1. The van der Waals surface area contributed by atoms with Crippen LogP contribution >= 0.6 is 0 Å². The summed E-state index contributed by atoms with van der Waals surface area (Å²) in [5.74, 6) is 0. The summed E-state index contributed by atoms with van der Waals surface area (Å²) in [6.07, 6.45) is 0.458. The minimum atomic E-state index is 0.458. The standard InChI is InChI=1S/C14H14N2/c1-10-9-14(11(2)16-10)13-6-4-3-5-12(13)7-8-15/h3-6,9,16H,7H2,1-2H3. The smallest absolute Gasteiger partial charge is 0.0669 e. The Morgan fingerprint density at radius 3 is 2.56 bits per heavy atom. The number of hydrogen-bond acceptors (Lipinski definition) is 1. The zero-order valence-electron chi connectivity index (χ0n) is 9.54. The topological polar surface area (TPSA) is 39.6 Å². The number of nitrogens with one attached hydrogen (secondary N) is 1. The van der Waals surface area contributed by atoms with Crippen LogP contribution < -0.4 is 0 Å². The molecule has 2 heteroatoms. The third kappa shape index (κ3) is 1.85. The summed E-state index contributed by atoms with van der Waals surface area (Å²) in [5.41, 5.74) is 5.75. The first kappa shape index (κ1) is 10.5. The van der Waals surface area contributed by atoms with Crippen molar-refractivity contribution in [3.8, 4) is 17.2 Å². The number of hydrogen-bond donors (Lipinski definition) is 1. The van der Waals surface area contributed by atoms with Gasteiger partial charge in [0.25, 0.3) is 0 Å². The second-order valence-electron chi connectivity index (χ2n) is 3.98. The van der Waals surface area contributed by atoms with Gasteiger partial charge in [-0.1, -0.05) is 24.3 Å². The van der Waals surface area contributed by atoms with Gasteiger partial charge in [-0.05, 0) is 31.0 Å². The van der Waals surface area contributed by atoms with Gasteiger partial charge in [0, 0.05) is 17.0 Å². The van der Waals surface area contributed by atoms with E-state index < -0.39 is 0 Å². The van der Waals surface area contributed by atoms with Crippen LogP contribution in [0.3, 0.4) is 0 Å². The Labute approximate surface area is 95.6 Å². The minimum Gasteiger partial charge on any atom is -0.362 e. The van der Waals surface area contributed by atoms with E-state index >= 15 is 0 Å². The maximum atomic E-state index is 8.81. The van der Waals surface area contributed by atoms with Crippen molar-refractivity contribution in [2.45, 2.75) is 20.3 Å². The summed E-state index contributed by atoms with van der Waals surface area (Å²) in [6, 6.07) is 12.4. The van der Waals surface area contributed by atoms with Gasteiger partial charge in [-0.25, -0.2) is 0 Å². The Morgan fingerprint density at radius 1 is 1.19 bits per heavy atom. The van der Waals surface area contributed by atoms with E-state index in [4.69, 9.17) is 5.26 Å². The molecule has 1 aromatic carbocycles. The molecule has 0 aliphatic heterocycles. The summed E-state index contributed by atoms with van der Waals surface area (Å²) in [5, 5.41) is 8.81. The maximum absolute atomic E-state index is 8.81. The highest BCUT2D eigenvalue weighted by Gasteiger charge is 2.08. The molecule has 1 heterocycles. The van der Waals surface area contributed by atoms with Crippen LogP contribution in [0, 0.1) is 25.2 Å². The summed E-state index contributed by atoms with van der Waals surface area (Å²) in [4.78, 5) is 3.29. The van der Waals surface area contributed by atoms with Crippen molar-refractivity contribution in [1.82, 2.24) is 4.98 Å². The van der Waals surface area contributed by atoms with Gasteiger partial charge < -0.3 is 4.98 Å². The predicted molar refractivity (Wildman–Crippen MR) is 65.0 cm³/mol. The van der Waals surface area contributed by atoms with E-state index in [9.17, 15) is 0 Å². The molecule has 2 nitrogen and oxygen atoms in total. The fraction of sp³-hybridized carbons (Fsp3) is 0.214. The number of nitriles is 1. The summed E-state index contributed by atoms with van der Waals surface area (Å²) in [7, 11) is 0. The molecule has 1 N–H and O–H groups in total. The average molecular weight is 210 g/mol. The van der Waals surface area contributed by atoms with E-state index in [1.54, 1.807) is 0 Å². The second kappa shape index (κ2) is 4.24. The Kier molecular flexibility index (Phi) is 2.78. The third-order valence-electron chi connectivity index (χ3n) is 2.73. The molecule has 0 spiro atoms. The van der Waals surface area contributed by atoms with Gasteiger partial charge in [0.1, 0.15) is 0 Å². The number of aryl methyl sites for hydroxylation is 2. The lowest BCUT2D eigenvalue weighted by Crippen LogP contribution is -1.88. The van der Waals surface area contributed by atoms with E-state index in [0.29, 0.717) is 6.42 Å². The number of aromatic amines is 1. The number of rotatable bonds is 2. The van der Waals surface area contributed by atoms with Crippen molar-refractivity contribution in [2.24, 2.45) is 0 Å². The van der Waals surface area contributed by atoms with Gasteiger partial charge in [-0.3, -0.25) is 0 Å². The third-order valence-corrected chi connectivity index (χ3v) is 2.73. The monoisotopic (exact) mass is 210 g/mol. The van der Waals surface area contributed by atoms with Gasteiger partial charge in [0.05, 0.1) is 12.5 Å². The molecule has 0 saturated carbocycles. The van der Waals surface area contributed by atoms with E-state index in [1.807, 2.05) is 25.1 Å². The van der Waals surface area contributed by atoms with Crippen LogP contribution in [0.4, 0.5) is 0 Å². The number of benzene rings is 1. The lowest BCUT2D eigenvalue weighted by molar-refractivity contribution is 1.19. The molecule has 80 valence electrons. The number of aromatic nitrogens is 1. The molecule has 0 radical (unpaired) electrons. The van der Waals surface area contributed by atoms with Crippen LogP contribution in [-0.2, 0) is 6.42 Å². The summed E-state index contributed by atoms with van der Waals surface area (Å²) < 4.78 is 0. The highest BCUT2D eigenvalue weighted by Crippen LogP contribution is 2.27. The molecule has 0 unspecified atom stereocenters. The molecule has 2 aromatic rings. The highest BCUT2D eigenvalue weighted by molar-refractivity contribution is 5.70. The van der Waals surface area contributed by atoms with Crippen LogP contribution in [0.1, 0.15) is 17.0 Å². The van der Waals surface area contributed by atoms with Gasteiger partial charge in [0.15, 0.2) is 0 Å². The normalized spacial score (nSPS) is 10.1. The number of nitrogens with zero attached hydrogens (tertiary/aromatic N) is 1. The lowest BCUT2D eigenvalue weighted by atomic mass is 9.98. The Balaban J connectivity index is 2.56. The van der Waals surface area contributed by atoms with Crippen LogP contribution in [0.5, 0.6) is 0 Å². The van der Waals surface area contributed by atoms with Gasteiger partial charge in [0.2, 0.25) is 0 Å².